The quantitative estimate of drug-likeness (QED) is 0.736. The van der Waals surface area contributed by atoms with E-state index in [1.54, 1.807) is 12.5 Å². The van der Waals surface area contributed by atoms with Gasteiger partial charge in [-0.1, -0.05) is 6.92 Å². The topological polar surface area (TPSA) is 37.8 Å². The van der Waals surface area contributed by atoms with Crippen LogP contribution in [0.1, 0.15) is 18.0 Å². The largest absolute Gasteiger partial charge is 0.300 e. The van der Waals surface area contributed by atoms with Gasteiger partial charge in [0.25, 0.3) is 0 Å². The third kappa shape index (κ3) is 2.19. The first-order chi connectivity index (χ1) is 6.36. The molecule has 70 valence electrons. The fourth-order valence-electron chi connectivity index (χ4n) is 1.33. The molecule has 2 rings (SSSR count). The number of hydrogen-bond acceptors (Lipinski definition) is 4. The first-order valence-corrected chi connectivity index (χ1v) is 5.52. The molecule has 13 heavy (non-hydrogen) atoms. The molecule has 2 unspecified atom stereocenters. The second kappa shape index (κ2) is 4.07. The summed E-state index contributed by atoms with van der Waals surface area (Å²) in [6.07, 6.45) is 3.40. The van der Waals surface area contributed by atoms with Gasteiger partial charge in [-0.05, 0) is 24.3 Å². The summed E-state index contributed by atoms with van der Waals surface area (Å²) in [4.78, 5) is 8.14. The van der Waals surface area contributed by atoms with E-state index in [1.807, 2.05) is 17.8 Å². The Morgan fingerprint density at radius 2 is 2.54 bits per heavy atom. The zero-order valence-electron chi connectivity index (χ0n) is 7.60. The molecule has 2 heterocycles. The Bertz CT molecular complexity index is 257. The van der Waals surface area contributed by atoms with Gasteiger partial charge >= 0.3 is 0 Å². The van der Waals surface area contributed by atoms with Crippen molar-refractivity contribution >= 4 is 11.8 Å². The van der Waals surface area contributed by atoms with Crippen molar-refractivity contribution in [3.63, 3.8) is 0 Å². The van der Waals surface area contributed by atoms with Crippen LogP contribution in [0.3, 0.4) is 0 Å². The third-order valence-corrected chi connectivity index (χ3v) is 3.58. The van der Waals surface area contributed by atoms with Gasteiger partial charge in [-0.15, -0.1) is 11.8 Å². The van der Waals surface area contributed by atoms with Gasteiger partial charge in [-0.2, -0.15) is 0 Å². The summed E-state index contributed by atoms with van der Waals surface area (Å²) in [5.74, 6) is 1.98. The molecule has 1 saturated heterocycles. The number of hydrogen-bond donors (Lipinski definition) is 1. The molecule has 0 bridgehead atoms. The Kier molecular flexibility index (Phi) is 2.80. The van der Waals surface area contributed by atoms with Crippen molar-refractivity contribution in [2.45, 2.75) is 12.3 Å². The maximum Gasteiger partial charge on any atom is 0.115 e. The van der Waals surface area contributed by atoms with E-state index in [2.05, 4.69) is 22.2 Å². The van der Waals surface area contributed by atoms with Crippen molar-refractivity contribution in [3.8, 4) is 0 Å². The van der Waals surface area contributed by atoms with Crippen molar-refractivity contribution in [2.75, 3.05) is 12.3 Å². The van der Waals surface area contributed by atoms with E-state index < -0.39 is 0 Å². The molecule has 0 amide bonds. The van der Waals surface area contributed by atoms with Crippen molar-refractivity contribution in [1.29, 1.82) is 0 Å². The average molecular weight is 195 g/mol. The first kappa shape index (κ1) is 8.97. The molecule has 0 aliphatic carbocycles. The molecule has 1 aromatic rings. The number of aromatic nitrogens is 2. The van der Waals surface area contributed by atoms with E-state index in [4.69, 9.17) is 0 Å². The van der Waals surface area contributed by atoms with Gasteiger partial charge in [0.2, 0.25) is 0 Å². The van der Waals surface area contributed by atoms with Crippen molar-refractivity contribution in [1.82, 2.24) is 15.3 Å². The van der Waals surface area contributed by atoms with Crippen molar-refractivity contribution in [3.05, 3.63) is 24.3 Å². The molecule has 1 fully saturated rings. The molecule has 0 spiro atoms. The van der Waals surface area contributed by atoms with E-state index in [-0.39, 0.29) is 0 Å². The lowest BCUT2D eigenvalue weighted by Gasteiger charge is -2.26. The highest BCUT2D eigenvalue weighted by Crippen LogP contribution is 2.29. The smallest absolute Gasteiger partial charge is 0.115 e. The highest BCUT2D eigenvalue weighted by Gasteiger charge is 2.19. The van der Waals surface area contributed by atoms with Gasteiger partial charge in [0.15, 0.2) is 0 Å². The van der Waals surface area contributed by atoms with Gasteiger partial charge in [-0.3, -0.25) is 0 Å². The Labute approximate surface area is 82.4 Å². The maximum atomic E-state index is 4.23. The van der Waals surface area contributed by atoms with Crippen LogP contribution in [0.5, 0.6) is 0 Å². The zero-order chi connectivity index (χ0) is 9.10. The minimum absolute atomic E-state index is 0.360. The van der Waals surface area contributed by atoms with Crippen LogP contribution in [0, 0.1) is 5.92 Å². The van der Waals surface area contributed by atoms with Gasteiger partial charge in [0.05, 0.1) is 11.1 Å². The van der Waals surface area contributed by atoms with E-state index in [9.17, 15) is 0 Å². The van der Waals surface area contributed by atoms with Crippen LogP contribution in [-0.4, -0.2) is 22.3 Å². The highest BCUT2D eigenvalue weighted by molar-refractivity contribution is 7.99. The SMILES string of the molecule is CC1CNC(c2ccncn2)SC1. The van der Waals surface area contributed by atoms with E-state index in [1.165, 1.54) is 5.75 Å². The Hall–Kier alpha value is -0.610. The Balaban J connectivity index is 2.03. The molecule has 1 N–H and O–H groups in total. The monoisotopic (exact) mass is 195 g/mol. The standard InChI is InChI=1S/C9H13N3S/c1-7-4-11-9(13-5-7)8-2-3-10-6-12-8/h2-3,6-7,9,11H,4-5H2,1H3. The highest BCUT2D eigenvalue weighted by atomic mass is 32.2. The summed E-state index contributed by atoms with van der Waals surface area (Å²) < 4.78 is 0. The summed E-state index contributed by atoms with van der Waals surface area (Å²) in [6, 6.07) is 1.97. The van der Waals surface area contributed by atoms with Crippen LogP contribution in [0.4, 0.5) is 0 Å². The van der Waals surface area contributed by atoms with Crippen LogP contribution >= 0.6 is 11.8 Å². The summed E-state index contributed by atoms with van der Waals surface area (Å²) in [5, 5.41) is 3.82. The number of rotatable bonds is 1. The fourth-order valence-corrected chi connectivity index (χ4v) is 2.50. The second-order valence-electron chi connectivity index (χ2n) is 3.36. The molecule has 2 atom stereocenters. The molecule has 1 aliphatic heterocycles. The third-order valence-electron chi connectivity index (χ3n) is 2.07. The Morgan fingerprint density at radius 3 is 3.15 bits per heavy atom. The van der Waals surface area contributed by atoms with Gasteiger partial charge < -0.3 is 5.32 Å². The normalized spacial score (nSPS) is 28.7. The molecule has 1 aliphatic rings. The van der Waals surface area contributed by atoms with Crippen molar-refractivity contribution < 1.29 is 0 Å². The fraction of sp³-hybridized carbons (Fsp3) is 0.556. The van der Waals surface area contributed by atoms with E-state index in [0.717, 1.165) is 18.2 Å². The summed E-state index contributed by atoms with van der Waals surface area (Å²) >= 11 is 1.92. The molecular weight excluding hydrogens is 182 g/mol. The first-order valence-electron chi connectivity index (χ1n) is 4.47. The van der Waals surface area contributed by atoms with Crippen LogP contribution in [0.25, 0.3) is 0 Å². The second-order valence-corrected chi connectivity index (χ2v) is 4.50. The average Bonchev–Trinajstić information content (AvgIpc) is 2.20. The molecule has 0 radical (unpaired) electrons. The molecule has 4 heteroatoms. The molecule has 3 nitrogen and oxygen atoms in total. The minimum Gasteiger partial charge on any atom is -0.300 e. The van der Waals surface area contributed by atoms with Crippen molar-refractivity contribution in [2.24, 2.45) is 5.92 Å². The lowest BCUT2D eigenvalue weighted by molar-refractivity contribution is 0.524. The zero-order valence-corrected chi connectivity index (χ0v) is 8.42. The lowest BCUT2D eigenvalue weighted by atomic mass is 10.2. The summed E-state index contributed by atoms with van der Waals surface area (Å²) in [6.45, 7) is 3.35. The van der Waals surface area contributed by atoms with E-state index in [0.29, 0.717) is 5.37 Å². The molecule has 0 saturated carbocycles. The van der Waals surface area contributed by atoms with Crippen LogP contribution in [0.2, 0.25) is 0 Å². The number of nitrogens with one attached hydrogen (secondary N) is 1. The minimum atomic E-state index is 0.360. The van der Waals surface area contributed by atoms with Gasteiger partial charge in [-0.25, -0.2) is 9.97 Å². The summed E-state index contributed by atoms with van der Waals surface area (Å²) in [7, 11) is 0. The lowest BCUT2D eigenvalue weighted by Crippen LogP contribution is -2.31. The Morgan fingerprint density at radius 1 is 1.62 bits per heavy atom. The van der Waals surface area contributed by atoms with Gasteiger partial charge in [0, 0.05) is 6.20 Å². The maximum absolute atomic E-state index is 4.23. The number of thioether (sulfide) groups is 1. The summed E-state index contributed by atoms with van der Waals surface area (Å²) in [5.41, 5.74) is 1.09. The molecule has 1 aromatic heterocycles. The number of nitrogens with zero attached hydrogens (tertiary/aromatic N) is 2. The predicted molar refractivity (Wildman–Crippen MR) is 54.4 cm³/mol. The van der Waals surface area contributed by atoms with E-state index >= 15 is 0 Å². The van der Waals surface area contributed by atoms with Gasteiger partial charge in [0.1, 0.15) is 6.33 Å². The molecular formula is C9H13N3S. The molecule has 0 aromatic carbocycles. The van der Waals surface area contributed by atoms with Crippen LogP contribution in [-0.2, 0) is 0 Å². The predicted octanol–water partition coefficient (Wildman–Crippen LogP) is 1.45. The van der Waals surface area contributed by atoms with Crippen LogP contribution in [0.15, 0.2) is 18.6 Å². The van der Waals surface area contributed by atoms with Crippen LogP contribution < -0.4 is 5.32 Å².